The van der Waals surface area contributed by atoms with Crippen molar-refractivity contribution in [2.24, 2.45) is 5.73 Å². The number of carboxylic acid groups (broad SMARTS) is 1. The molecule has 3 N–H and O–H groups in total. The van der Waals surface area contributed by atoms with Gasteiger partial charge in [-0.25, -0.2) is 4.79 Å². The van der Waals surface area contributed by atoms with Crippen LogP contribution in [0.5, 0.6) is 0 Å². The normalized spacial score (nSPS) is 12.1. The Bertz CT molecular complexity index is 141. The molecule has 0 aromatic carbocycles. The second-order valence-corrected chi connectivity index (χ2v) is 2.08. The third-order valence-electron chi connectivity index (χ3n) is 1.15. The fourth-order valence-corrected chi connectivity index (χ4v) is 0.636. The summed E-state index contributed by atoms with van der Waals surface area (Å²) in [6.45, 7) is 1.72. The lowest BCUT2D eigenvalue weighted by Crippen LogP contribution is -2.23. The summed E-state index contributed by atoms with van der Waals surface area (Å²) in [5.41, 5.74) is 4.83. The summed E-state index contributed by atoms with van der Waals surface area (Å²) in [4.78, 5) is 20.3. The number of primary amides is 1. The Balaban J connectivity index is 3.76. The first-order valence-corrected chi connectivity index (χ1v) is 3.24. The molecule has 64 valence electrons. The van der Waals surface area contributed by atoms with Crippen LogP contribution in [0.15, 0.2) is 0 Å². The van der Waals surface area contributed by atoms with Gasteiger partial charge in [0.2, 0.25) is 5.91 Å². The average Bonchev–Trinajstić information content (AvgIpc) is 1.84. The topological polar surface area (TPSA) is 89.6 Å². The van der Waals surface area contributed by atoms with E-state index in [2.05, 4.69) is 4.74 Å². The third kappa shape index (κ3) is 5.20. The average molecular weight is 161 g/mol. The predicted molar refractivity (Wildman–Crippen MR) is 37.0 cm³/mol. The molecule has 0 aliphatic rings. The Morgan fingerprint density at radius 2 is 2.18 bits per heavy atom. The van der Waals surface area contributed by atoms with Gasteiger partial charge in [-0.05, 0) is 6.42 Å². The molecule has 0 aliphatic carbocycles. The van der Waals surface area contributed by atoms with E-state index in [4.69, 9.17) is 10.8 Å². The zero-order chi connectivity index (χ0) is 8.85. The van der Waals surface area contributed by atoms with Crippen LogP contribution in [0.25, 0.3) is 0 Å². The first kappa shape index (κ1) is 9.74. The molecule has 1 atom stereocenters. The van der Waals surface area contributed by atoms with E-state index in [-0.39, 0.29) is 6.42 Å². The third-order valence-corrected chi connectivity index (χ3v) is 1.15. The van der Waals surface area contributed by atoms with Crippen molar-refractivity contribution in [2.45, 2.75) is 25.9 Å². The van der Waals surface area contributed by atoms with Crippen molar-refractivity contribution >= 4 is 12.1 Å². The lowest BCUT2D eigenvalue weighted by molar-refractivity contribution is -0.120. The van der Waals surface area contributed by atoms with Crippen LogP contribution in [-0.2, 0) is 9.53 Å². The molecule has 0 rings (SSSR count). The van der Waals surface area contributed by atoms with Gasteiger partial charge in [0, 0.05) is 0 Å². The van der Waals surface area contributed by atoms with Crippen molar-refractivity contribution in [3.63, 3.8) is 0 Å². The van der Waals surface area contributed by atoms with Crippen LogP contribution in [-0.4, -0.2) is 23.3 Å². The van der Waals surface area contributed by atoms with Crippen LogP contribution in [0.1, 0.15) is 19.8 Å². The van der Waals surface area contributed by atoms with E-state index in [0.29, 0.717) is 6.42 Å². The first-order valence-electron chi connectivity index (χ1n) is 3.24. The number of amides is 1. The zero-order valence-electron chi connectivity index (χ0n) is 6.24. The van der Waals surface area contributed by atoms with Crippen LogP contribution in [0.4, 0.5) is 4.79 Å². The van der Waals surface area contributed by atoms with Gasteiger partial charge < -0.3 is 15.6 Å². The first-order chi connectivity index (χ1) is 5.06. The molecule has 0 saturated heterocycles. The van der Waals surface area contributed by atoms with Gasteiger partial charge in [0.05, 0.1) is 6.42 Å². The minimum atomic E-state index is -1.38. The van der Waals surface area contributed by atoms with Gasteiger partial charge in [0.15, 0.2) is 0 Å². The second-order valence-electron chi connectivity index (χ2n) is 2.08. The SMILES string of the molecule is CCC(CC(N)=O)OC(=O)O. The standard InChI is InChI=1S/C6H11NO4/c1-2-4(3-5(7)8)11-6(9)10/h4H,2-3H2,1H3,(H2,7,8)(H,9,10). The summed E-state index contributed by atoms with van der Waals surface area (Å²) >= 11 is 0. The van der Waals surface area contributed by atoms with Gasteiger partial charge in [-0.1, -0.05) is 6.92 Å². The van der Waals surface area contributed by atoms with Crippen molar-refractivity contribution in [1.82, 2.24) is 0 Å². The van der Waals surface area contributed by atoms with Crippen LogP contribution in [0.2, 0.25) is 0 Å². The Morgan fingerprint density at radius 1 is 1.64 bits per heavy atom. The number of hydrogen-bond donors (Lipinski definition) is 2. The molecule has 5 heteroatoms. The van der Waals surface area contributed by atoms with Crippen LogP contribution < -0.4 is 5.73 Å². The van der Waals surface area contributed by atoms with Crippen molar-refractivity contribution in [1.29, 1.82) is 0 Å². The number of carbonyl (C=O) groups is 2. The predicted octanol–water partition coefficient (Wildman–Crippen LogP) is 0.335. The Hall–Kier alpha value is -1.26. The van der Waals surface area contributed by atoms with Crippen LogP contribution >= 0.6 is 0 Å². The quantitative estimate of drug-likeness (QED) is 0.581. The Kier molecular flexibility index (Phi) is 4.02. The molecule has 5 nitrogen and oxygen atoms in total. The highest BCUT2D eigenvalue weighted by atomic mass is 16.7. The van der Waals surface area contributed by atoms with Gasteiger partial charge in [-0.2, -0.15) is 0 Å². The summed E-state index contributed by atoms with van der Waals surface area (Å²) in [7, 11) is 0. The van der Waals surface area contributed by atoms with Crippen molar-refractivity contribution < 1.29 is 19.4 Å². The van der Waals surface area contributed by atoms with Gasteiger partial charge in [-0.15, -0.1) is 0 Å². The molecule has 11 heavy (non-hydrogen) atoms. The molecule has 0 bridgehead atoms. The molecule has 0 aromatic rings. The monoisotopic (exact) mass is 161 g/mol. The highest BCUT2D eigenvalue weighted by Crippen LogP contribution is 2.02. The van der Waals surface area contributed by atoms with Crippen molar-refractivity contribution in [2.75, 3.05) is 0 Å². The number of carbonyl (C=O) groups excluding carboxylic acids is 1. The zero-order valence-corrected chi connectivity index (χ0v) is 6.24. The van der Waals surface area contributed by atoms with Crippen molar-refractivity contribution in [3.8, 4) is 0 Å². The van der Waals surface area contributed by atoms with Gasteiger partial charge >= 0.3 is 6.16 Å². The van der Waals surface area contributed by atoms with Crippen molar-refractivity contribution in [3.05, 3.63) is 0 Å². The van der Waals surface area contributed by atoms with E-state index in [1.165, 1.54) is 0 Å². The van der Waals surface area contributed by atoms with Gasteiger partial charge in [0.1, 0.15) is 6.10 Å². The number of hydrogen-bond acceptors (Lipinski definition) is 3. The molecule has 0 aromatic heterocycles. The largest absolute Gasteiger partial charge is 0.506 e. The molecule has 0 aliphatic heterocycles. The molecule has 0 spiro atoms. The minimum absolute atomic E-state index is 0.0528. The smallest absolute Gasteiger partial charge is 0.450 e. The maximum atomic E-state index is 10.3. The molecular formula is C6H11NO4. The highest BCUT2D eigenvalue weighted by Gasteiger charge is 2.13. The summed E-state index contributed by atoms with van der Waals surface area (Å²) < 4.78 is 4.33. The molecule has 0 radical (unpaired) electrons. The Labute approximate surface area is 64.1 Å². The summed E-state index contributed by atoms with van der Waals surface area (Å²) in [6, 6.07) is 0. The summed E-state index contributed by atoms with van der Waals surface area (Å²) in [5, 5.41) is 8.15. The van der Waals surface area contributed by atoms with E-state index < -0.39 is 18.2 Å². The minimum Gasteiger partial charge on any atom is -0.450 e. The maximum Gasteiger partial charge on any atom is 0.506 e. The fourth-order valence-electron chi connectivity index (χ4n) is 0.636. The lowest BCUT2D eigenvalue weighted by atomic mass is 10.2. The van der Waals surface area contributed by atoms with E-state index in [9.17, 15) is 9.59 Å². The summed E-state index contributed by atoms with van der Waals surface area (Å²) in [5.74, 6) is -0.557. The second kappa shape index (κ2) is 4.54. The van der Waals surface area contributed by atoms with E-state index in [1.807, 2.05) is 0 Å². The molecule has 1 unspecified atom stereocenters. The molecule has 0 heterocycles. The van der Waals surface area contributed by atoms with E-state index in [0.717, 1.165) is 0 Å². The van der Waals surface area contributed by atoms with E-state index >= 15 is 0 Å². The highest BCUT2D eigenvalue weighted by molar-refractivity contribution is 5.74. The molecule has 1 amide bonds. The number of ether oxygens (including phenoxy) is 1. The number of nitrogens with two attached hydrogens (primary N) is 1. The molecule has 0 fully saturated rings. The summed E-state index contributed by atoms with van der Waals surface area (Å²) in [6.07, 6.45) is -1.58. The van der Waals surface area contributed by atoms with Crippen LogP contribution in [0.3, 0.4) is 0 Å². The fraction of sp³-hybridized carbons (Fsp3) is 0.667. The Morgan fingerprint density at radius 3 is 2.45 bits per heavy atom. The lowest BCUT2D eigenvalue weighted by Gasteiger charge is -2.10. The molecule has 0 saturated carbocycles. The number of rotatable bonds is 4. The van der Waals surface area contributed by atoms with Gasteiger partial charge in [0.25, 0.3) is 0 Å². The van der Waals surface area contributed by atoms with E-state index in [1.54, 1.807) is 6.92 Å². The van der Waals surface area contributed by atoms with Gasteiger partial charge in [-0.3, -0.25) is 4.79 Å². The maximum absolute atomic E-state index is 10.3. The molecular weight excluding hydrogens is 150 g/mol. The van der Waals surface area contributed by atoms with Crippen LogP contribution in [0, 0.1) is 0 Å².